The Hall–Kier alpha value is -0.990. The van der Waals surface area contributed by atoms with E-state index in [1.807, 2.05) is 0 Å². The summed E-state index contributed by atoms with van der Waals surface area (Å²) >= 11 is 0. The lowest BCUT2D eigenvalue weighted by molar-refractivity contribution is 1.29. The molecule has 7 heavy (non-hydrogen) atoms. The van der Waals surface area contributed by atoms with Crippen LogP contribution in [0, 0.1) is 0 Å². The summed E-state index contributed by atoms with van der Waals surface area (Å²) in [5.41, 5.74) is 10.5. The number of aliphatic imine (C=N–C) groups is 1. The molecular formula is C4H9N3. The second-order valence-electron chi connectivity index (χ2n) is 1.27. The predicted octanol–water partition coefficient (Wildman–Crippen LogP) is -0.207. The third-order valence-electron chi connectivity index (χ3n) is 0.320. The average molecular weight is 99.1 g/mol. The molecule has 0 heterocycles. The van der Waals surface area contributed by atoms with Crippen molar-refractivity contribution in [3.8, 4) is 0 Å². The minimum absolute atomic E-state index is 0.0625. The van der Waals surface area contributed by atoms with Gasteiger partial charge in [-0.05, 0) is 6.92 Å². The molecule has 3 heteroatoms. The number of nitrogens with two attached hydrogens (primary N) is 2. The number of hydrogen-bond donors (Lipinski definition) is 2. The van der Waals surface area contributed by atoms with Crippen molar-refractivity contribution in [1.82, 2.24) is 0 Å². The molecule has 0 aromatic carbocycles. The van der Waals surface area contributed by atoms with Gasteiger partial charge < -0.3 is 11.5 Å². The molecule has 0 unspecified atom stereocenters. The lowest BCUT2D eigenvalue weighted by Gasteiger charge is -1.86. The Morgan fingerprint density at radius 1 is 1.57 bits per heavy atom. The van der Waals surface area contributed by atoms with Crippen LogP contribution in [0.15, 0.2) is 17.3 Å². The molecule has 0 atom stereocenters. The smallest absolute Gasteiger partial charge is 0.190 e. The van der Waals surface area contributed by atoms with Gasteiger partial charge in [-0.2, -0.15) is 0 Å². The molecule has 0 saturated heterocycles. The third-order valence-corrected chi connectivity index (χ3v) is 0.320. The third kappa shape index (κ3) is 5.01. The minimum atomic E-state index is 0.0625. The maximum Gasteiger partial charge on any atom is 0.190 e. The molecule has 40 valence electrons. The van der Waals surface area contributed by atoms with Crippen LogP contribution in [0.5, 0.6) is 0 Å². The molecule has 0 aromatic heterocycles. The quantitative estimate of drug-likeness (QED) is 0.353. The number of allylic oxidation sites excluding steroid dienone is 1. The molecular weight excluding hydrogens is 90.1 g/mol. The first-order valence-electron chi connectivity index (χ1n) is 1.88. The molecule has 0 radical (unpaired) electrons. The molecule has 0 fully saturated rings. The number of guanidine groups is 1. The van der Waals surface area contributed by atoms with E-state index in [0.717, 1.165) is 0 Å². The molecule has 0 spiro atoms. The molecule has 0 amide bonds. The topological polar surface area (TPSA) is 64.4 Å². The second-order valence-corrected chi connectivity index (χ2v) is 1.27. The van der Waals surface area contributed by atoms with Crippen molar-refractivity contribution < 1.29 is 0 Å². The Balaban J connectivity index is 3.68. The zero-order valence-corrected chi connectivity index (χ0v) is 4.31. The van der Waals surface area contributed by atoms with Crippen molar-refractivity contribution in [1.29, 1.82) is 0 Å². The van der Waals surface area contributed by atoms with Crippen molar-refractivity contribution >= 4 is 5.96 Å². The Morgan fingerprint density at radius 2 is 2.00 bits per heavy atom. The van der Waals surface area contributed by atoms with E-state index in [9.17, 15) is 0 Å². The molecule has 0 aromatic rings. The summed E-state index contributed by atoms with van der Waals surface area (Å²) < 4.78 is 0. The fourth-order valence-corrected chi connectivity index (χ4v) is 0.220. The normalized spacial score (nSPS) is 7.57. The highest BCUT2D eigenvalue weighted by Gasteiger charge is 1.75. The van der Waals surface area contributed by atoms with E-state index in [2.05, 4.69) is 11.6 Å². The Labute approximate surface area is 42.7 Å². The van der Waals surface area contributed by atoms with Gasteiger partial charge in [-0.1, -0.05) is 6.58 Å². The molecule has 0 aliphatic heterocycles. The van der Waals surface area contributed by atoms with Gasteiger partial charge in [0.25, 0.3) is 0 Å². The first kappa shape index (κ1) is 6.01. The van der Waals surface area contributed by atoms with Crippen LogP contribution in [0.3, 0.4) is 0 Å². The van der Waals surface area contributed by atoms with Crippen LogP contribution < -0.4 is 11.5 Å². The van der Waals surface area contributed by atoms with E-state index in [1.165, 1.54) is 0 Å². The first-order chi connectivity index (χ1) is 3.13. The lowest BCUT2D eigenvalue weighted by atomic mass is 10.6. The Morgan fingerprint density at radius 3 is 2.00 bits per heavy atom. The van der Waals surface area contributed by atoms with Crippen LogP contribution in [-0.2, 0) is 0 Å². The van der Waals surface area contributed by atoms with Gasteiger partial charge in [0, 0.05) is 5.70 Å². The van der Waals surface area contributed by atoms with E-state index >= 15 is 0 Å². The molecule has 4 N–H and O–H groups in total. The monoisotopic (exact) mass is 99.1 g/mol. The summed E-state index contributed by atoms with van der Waals surface area (Å²) in [6, 6.07) is 0. The summed E-state index contributed by atoms with van der Waals surface area (Å²) in [7, 11) is 0. The summed E-state index contributed by atoms with van der Waals surface area (Å²) in [6.07, 6.45) is 0. The van der Waals surface area contributed by atoms with E-state index in [1.54, 1.807) is 6.92 Å². The van der Waals surface area contributed by atoms with Crippen molar-refractivity contribution in [3.05, 3.63) is 12.3 Å². The summed E-state index contributed by atoms with van der Waals surface area (Å²) in [6.45, 7) is 5.17. The fraction of sp³-hybridized carbons (Fsp3) is 0.250. The van der Waals surface area contributed by atoms with Gasteiger partial charge in [-0.25, -0.2) is 4.99 Å². The van der Waals surface area contributed by atoms with E-state index in [-0.39, 0.29) is 5.96 Å². The van der Waals surface area contributed by atoms with Crippen molar-refractivity contribution in [2.75, 3.05) is 0 Å². The van der Waals surface area contributed by atoms with Gasteiger partial charge in [0.15, 0.2) is 5.96 Å². The van der Waals surface area contributed by atoms with Gasteiger partial charge >= 0.3 is 0 Å². The number of nitrogens with zero attached hydrogens (tertiary/aromatic N) is 1. The SMILES string of the molecule is C=C(C)N=C(N)N. The lowest BCUT2D eigenvalue weighted by Crippen LogP contribution is -2.22. The summed E-state index contributed by atoms with van der Waals surface area (Å²) in [4.78, 5) is 3.56. The van der Waals surface area contributed by atoms with Crippen LogP contribution in [0.4, 0.5) is 0 Å². The number of rotatable bonds is 1. The molecule has 0 rings (SSSR count). The van der Waals surface area contributed by atoms with Crippen molar-refractivity contribution in [2.24, 2.45) is 16.5 Å². The maximum absolute atomic E-state index is 4.96. The fourth-order valence-electron chi connectivity index (χ4n) is 0.220. The minimum Gasteiger partial charge on any atom is -0.370 e. The first-order valence-corrected chi connectivity index (χ1v) is 1.88. The van der Waals surface area contributed by atoms with Crippen LogP contribution in [0.2, 0.25) is 0 Å². The zero-order chi connectivity index (χ0) is 5.86. The highest BCUT2D eigenvalue weighted by atomic mass is 15.0. The van der Waals surface area contributed by atoms with E-state index in [0.29, 0.717) is 5.70 Å². The predicted molar refractivity (Wildman–Crippen MR) is 30.6 cm³/mol. The van der Waals surface area contributed by atoms with Crippen molar-refractivity contribution in [2.45, 2.75) is 6.92 Å². The van der Waals surface area contributed by atoms with Crippen LogP contribution in [-0.4, -0.2) is 5.96 Å². The van der Waals surface area contributed by atoms with Gasteiger partial charge in [0.1, 0.15) is 0 Å². The molecule has 3 nitrogen and oxygen atoms in total. The van der Waals surface area contributed by atoms with Crippen LogP contribution in [0.25, 0.3) is 0 Å². The van der Waals surface area contributed by atoms with Crippen LogP contribution in [0.1, 0.15) is 6.92 Å². The highest BCUT2D eigenvalue weighted by molar-refractivity contribution is 5.76. The molecule has 0 bridgehead atoms. The van der Waals surface area contributed by atoms with E-state index < -0.39 is 0 Å². The summed E-state index contributed by atoms with van der Waals surface area (Å²) in [5.74, 6) is 0.0625. The van der Waals surface area contributed by atoms with Gasteiger partial charge in [0.2, 0.25) is 0 Å². The molecule has 0 aliphatic carbocycles. The molecule has 0 saturated carbocycles. The van der Waals surface area contributed by atoms with E-state index in [4.69, 9.17) is 11.5 Å². The standard InChI is InChI=1S/C4H9N3/c1-3(2)7-4(5)6/h1H2,2H3,(H4,5,6,7). The second kappa shape index (κ2) is 2.23. The maximum atomic E-state index is 4.96. The van der Waals surface area contributed by atoms with Crippen LogP contribution >= 0.6 is 0 Å². The average Bonchev–Trinajstić information content (AvgIpc) is 1.27. The van der Waals surface area contributed by atoms with Gasteiger partial charge in [-0.15, -0.1) is 0 Å². The molecule has 0 aliphatic rings. The zero-order valence-electron chi connectivity index (χ0n) is 4.31. The Bertz CT molecular complexity index is 99.5. The van der Waals surface area contributed by atoms with Gasteiger partial charge in [-0.3, -0.25) is 0 Å². The van der Waals surface area contributed by atoms with Crippen molar-refractivity contribution in [3.63, 3.8) is 0 Å². The number of hydrogen-bond acceptors (Lipinski definition) is 1. The highest BCUT2D eigenvalue weighted by Crippen LogP contribution is 1.83. The summed E-state index contributed by atoms with van der Waals surface area (Å²) in [5, 5.41) is 0. The Kier molecular flexibility index (Phi) is 1.91. The van der Waals surface area contributed by atoms with Gasteiger partial charge in [0.05, 0.1) is 0 Å². The largest absolute Gasteiger partial charge is 0.370 e.